The quantitative estimate of drug-likeness (QED) is 0.0303. The van der Waals surface area contributed by atoms with Crippen molar-refractivity contribution in [3.8, 4) is 17.0 Å². The van der Waals surface area contributed by atoms with Crippen LogP contribution in [0.5, 0.6) is 5.88 Å². The molecule has 6 rings (SSSR count). The summed E-state index contributed by atoms with van der Waals surface area (Å²) in [5, 5.41) is 6.59. The molecule has 5 aromatic rings. The van der Waals surface area contributed by atoms with Crippen LogP contribution in [-0.4, -0.2) is 141 Å². The fourth-order valence-electron chi connectivity index (χ4n) is 7.74. The Bertz CT molecular complexity index is 2450. The predicted octanol–water partition coefficient (Wildman–Crippen LogP) is 2.56. The number of nitrogens with zero attached hydrogens (tertiary/aromatic N) is 5. The number of hydrogen-bond acceptors (Lipinski definition) is 12. The molecule has 0 bridgehead atoms. The molecule has 3 amide bonds. The van der Waals surface area contributed by atoms with Crippen LogP contribution in [0.3, 0.4) is 0 Å². The van der Waals surface area contributed by atoms with E-state index < -0.39 is 11.9 Å². The number of quaternary nitrogens is 1. The van der Waals surface area contributed by atoms with Crippen LogP contribution < -0.4 is 101 Å². The molecule has 6 N–H and O–H groups in total. The normalized spacial score (nSPS) is 12.9. The summed E-state index contributed by atoms with van der Waals surface area (Å²) >= 11 is 0. The van der Waals surface area contributed by atoms with Crippen molar-refractivity contribution in [3.05, 3.63) is 90.5 Å². The number of nitrogens with one attached hydrogen (secondary N) is 2. The molecule has 2 aromatic carbocycles. The van der Waals surface area contributed by atoms with Gasteiger partial charge in [0, 0.05) is 80.2 Å². The van der Waals surface area contributed by atoms with E-state index in [0.717, 1.165) is 75.5 Å². The zero-order valence-electron chi connectivity index (χ0n) is 44.5. The second-order valence-corrected chi connectivity index (χ2v) is 18.4. The maximum atomic E-state index is 13.4. The number of ether oxygens (including phenoxy) is 5. The molecular formula is C52H79BCsN9O9+. The second kappa shape index (κ2) is 34.0. The number of aromatic nitrogens is 4. The number of rotatable bonds is 24. The Hall–Kier alpha value is -3.64. The fraction of sp³-hybridized carbons (Fsp3) is 0.519. The number of amides is 3. The first-order valence-corrected chi connectivity index (χ1v) is 24.2. The fourth-order valence-corrected chi connectivity index (χ4v) is 7.74. The maximum absolute atomic E-state index is 13.4. The standard InChI is InChI=1S/C41H51N7O5.C8H18N2O4.C2H6B.CH3.Cs/c1-27(2)22-37(49)44-28(3)40(50)45-32-12-8-29(9-13-32)26-48(5,6)18-7-19-53-38-15-11-31(24-43-38)30-10-14-35-34(23-30)39-36(25-42-35)46(4)41(51)47(39)33-16-20-52-21-17-33;9-1-2-12-3-4-13-5-6-14-7-8(10)11;1-3-2;;/h8-15,23-25,27-28,33H,7,16-22,26H2,1-6H3,(H-,44,45,49,50);1-7,9H2,(H2,10,11);1-2H3;1H3;/q;;;-1;+1/p+1. The summed E-state index contributed by atoms with van der Waals surface area (Å²) in [5.41, 5.74) is 16.4. The molecule has 4 heterocycles. The summed E-state index contributed by atoms with van der Waals surface area (Å²) in [4.78, 5) is 57.5. The molecule has 1 fully saturated rings. The van der Waals surface area contributed by atoms with Crippen molar-refractivity contribution in [2.75, 3.05) is 92.0 Å². The van der Waals surface area contributed by atoms with Crippen LogP contribution in [0, 0.1) is 13.3 Å². The topological polar surface area (TPSA) is 226 Å². The van der Waals surface area contributed by atoms with Gasteiger partial charge in [-0.15, -0.1) is 0 Å². The first-order chi connectivity index (χ1) is 33.6. The van der Waals surface area contributed by atoms with Gasteiger partial charge in [0.2, 0.25) is 23.6 Å². The Morgan fingerprint density at radius 1 is 0.889 bits per heavy atom. The molecule has 1 radical (unpaired) electrons. The van der Waals surface area contributed by atoms with E-state index in [2.05, 4.69) is 40.8 Å². The maximum Gasteiger partial charge on any atom is 1.00 e. The molecule has 1 saturated heterocycles. The molecular weight excluding hydrogens is 1040 g/mol. The molecule has 1 unspecified atom stereocenters. The largest absolute Gasteiger partial charge is 1.00 e. The van der Waals surface area contributed by atoms with E-state index in [1.807, 2.05) is 101 Å². The average molecular weight is 1120 g/mol. The van der Waals surface area contributed by atoms with E-state index in [1.54, 1.807) is 17.7 Å². The molecule has 1 atom stereocenters. The zero-order chi connectivity index (χ0) is 51.1. The third-order valence-electron chi connectivity index (χ3n) is 11.1. The number of nitrogens with two attached hydrogens (primary N) is 2. The minimum atomic E-state index is -0.610. The first-order valence-electron chi connectivity index (χ1n) is 24.2. The summed E-state index contributed by atoms with van der Waals surface area (Å²) in [6.07, 6.45) is 6.49. The van der Waals surface area contributed by atoms with Gasteiger partial charge >= 0.3 is 74.6 Å². The van der Waals surface area contributed by atoms with Crippen LogP contribution in [0.15, 0.2) is 71.8 Å². The molecule has 389 valence electrons. The molecule has 1 aliphatic heterocycles. The molecule has 3 aromatic heterocycles. The van der Waals surface area contributed by atoms with Crippen LogP contribution >= 0.6 is 0 Å². The number of aryl methyl sites for hydroxylation is 1. The first kappa shape index (κ1) is 64.5. The van der Waals surface area contributed by atoms with E-state index in [-0.39, 0.29) is 112 Å². The Labute approximate surface area is 486 Å². The number of pyridine rings is 2. The number of primary amides is 1. The van der Waals surface area contributed by atoms with Crippen molar-refractivity contribution in [2.24, 2.45) is 24.4 Å². The molecule has 0 saturated carbocycles. The summed E-state index contributed by atoms with van der Waals surface area (Å²) in [6, 6.07) is 17.4. The molecule has 20 heteroatoms. The molecule has 1 aliphatic rings. The van der Waals surface area contributed by atoms with E-state index in [9.17, 15) is 19.2 Å². The van der Waals surface area contributed by atoms with Crippen LogP contribution in [0.2, 0.25) is 13.6 Å². The number of fused-ring (bicyclic) bond motifs is 3. The average Bonchev–Trinajstić information content (AvgIpc) is 3.59. The van der Waals surface area contributed by atoms with Crippen LogP contribution in [0.1, 0.15) is 58.1 Å². The summed E-state index contributed by atoms with van der Waals surface area (Å²) in [6.45, 7) is 16.0. The van der Waals surface area contributed by atoms with Crippen LogP contribution in [-0.2, 0) is 46.9 Å². The van der Waals surface area contributed by atoms with Gasteiger partial charge in [-0.3, -0.25) is 28.5 Å². The van der Waals surface area contributed by atoms with E-state index in [1.165, 1.54) is 0 Å². The summed E-state index contributed by atoms with van der Waals surface area (Å²) < 4.78 is 31.1. The van der Waals surface area contributed by atoms with Crippen molar-refractivity contribution < 1.29 is 111 Å². The van der Waals surface area contributed by atoms with Crippen LogP contribution in [0.4, 0.5) is 5.69 Å². The molecule has 0 spiro atoms. The van der Waals surface area contributed by atoms with Crippen molar-refractivity contribution in [3.63, 3.8) is 0 Å². The minimum Gasteiger partial charge on any atom is -0.477 e. The molecule has 72 heavy (non-hydrogen) atoms. The van der Waals surface area contributed by atoms with Crippen molar-refractivity contribution in [1.82, 2.24) is 24.4 Å². The Balaban J connectivity index is 0.000000804. The van der Waals surface area contributed by atoms with Gasteiger partial charge in [0.15, 0.2) is 0 Å². The number of benzene rings is 2. The van der Waals surface area contributed by atoms with Gasteiger partial charge in [0.1, 0.15) is 26.5 Å². The minimum absolute atomic E-state index is 0. The number of carbonyl (C=O) groups is 3. The monoisotopic (exact) mass is 1120 g/mol. The predicted molar refractivity (Wildman–Crippen MR) is 282 cm³/mol. The molecule has 18 nitrogen and oxygen atoms in total. The van der Waals surface area contributed by atoms with Crippen LogP contribution in [0.25, 0.3) is 33.1 Å². The van der Waals surface area contributed by atoms with Gasteiger partial charge in [0.05, 0.1) is 83.0 Å². The smallest absolute Gasteiger partial charge is 0.477 e. The van der Waals surface area contributed by atoms with Gasteiger partial charge < -0.3 is 57.7 Å². The summed E-state index contributed by atoms with van der Waals surface area (Å²) in [5.74, 6) is -0.0288. The number of carbonyl (C=O) groups excluding carboxylic acids is 3. The Kier molecular flexibility index (Phi) is 30.5. The van der Waals surface area contributed by atoms with Gasteiger partial charge in [0.25, 0.3) is 0 Å². The van der Waals surface area contributed by atoms with Gasteiger partial charge in [-0.2, -0.15) is 0 Å². The summed E-state index contributed by atoms with van der Waals surface area (Å²) in [7, 11) is 8.19. The molecule has 0 aliphatic carbocycles. The zero-order valence-corrected chi connectivity index (χ0v) is 50.8. The third kappa shape index (κ3) is 21.7. The number of anilines is 1. The number of imidazole rings is 1. The van der Waals surface area contributed by atoms with Gasteiger partial charge in [-0.1, -0.05) is 45.7 Å². The van der Waals surface area contributed by atoms with Crippen molar-refractivity contribution in [2.45, 2.75) is 78.7 Å². The Morgan fingerprint density at radius 3 is 2.14 bits per heavy atom. The van der Waals surface area contributed by atoms with E-state index in [0.29, 0.717) is 77.4 Å². The van der Waals surface area contributed by atoms with Crippen molar-refractivity contribution >= 4 is 52.6 Å². The Morgan fingerprint density at radius 2 is 1.53 bits per heavy atom. The second-order valence-electron chi connectivity index (χ2n) is 18.4. The SMILES string of the molecule is CC(C)CC(=O)NC(C)C(=O)Nc1ccc(C[N+](C)(C)CCCOc2ccc(-c3ccc4ncc5c(c4c3)n(C3CCOCC3)c(=O)n5C)cn2)cc1.C[B]C.NCCOCCOCCOCC(N)=O.[CH3-].[Cs+]. The van der Waals surface area contributed by atoms with Crippen molar-refractivity contribution in [1.29, 1.82) is 0 Å². The number of hydrogen-bond donors (Lipinski definition) is 4. The van der Waals surface area contributed by atoms with Gasteiger partial charge in [-0.05, 0) is 61.6 Å². The van der Waals surface area contributed by atoms with E-state index in [4.69, 9.17) is 35.2 Å². The van der Waals surface area contributed by atoms with Gasteiger partial charge in [-0.25, -0.2) is 9.78 Å². The third-order valence-corrected chi connectivity index (χ3v) is 11.1. The van der Waals surface area contributed by atoms with E-state index >= 15 is 0 Å².